The second kappa shape index (κ2) is 14.1. The number of thioether (sulfide) groups is 1. The molecule has 3 amide bonds. The van der Waals surface area contributed by atoms with E-state index in [2.05, 4.69) is 31.9 Å². The van der Waals surface area contributed by atoms with Gasteiger partial charge < -0.3 is 16.0 Å². The Balaban J connectivity index is 1.43. The monoisotopic (exact) mass is 651 g/mol. The van der Waals surface area contributed by atoms with Crippen LogP contribution in [0.5, 0.6) is 0 Å². The SMILES string of the molecule is CC(Sc1ccc(NC(=O)/C(=C/c2cccc(Cl)c2)NC(=O)c2ccccc2)cc1)C(=O)Nc1ccc(Br)cc1F. The number of anilines is 2. The summed E-state index contributed by atoms with van der Waals surface area (Å²) in [7, 11) is 0. The van der Waals surface area contributed by atoms with E-state index in [1.807, 2.05) is 0 Å². The standard InChI is InChI=1S/C31H24BrClFN3O3S/c1-19(29(38)36-27-15-10-22(32)18-26(27)34)41-25-13-11-24(12-14-25)35-31(40)28(17-20-6-5-9-23(33)16-20)37-30(39)21-7-3-2-4-8-21/h2-19H,1H3,(H,35,40)(H,36,38)(H,37,39)/b28-17-. The zero-order valence-electron chi connectivity index (χ0n) is 21.7. The van der Waals surface area contributed by atoms with Crippen molar-refractivity contribution in [3.63, 3.8) is 0 Å². The van der Waals surface area contributed by atoms with Crippen molar-refractivity contribution in [1.82, 2.24) is 5.32 Å². The molecule has 0 aliphatic carbocycles. The summed E-state index contributed by atoms with van der Waals surface area (Å²) in [4.78, 5) is 39.4. The van der Waals surface area contributed by atoms with Crippen LogP contribution in [-0.2, 0) is 9.59 Å². The molecule has 4 aromatic rings. The predicted molar refractivity (Wildman–Crippen MR) is 166 cm³/mol. The lowest BCUT2D eigenvalue weighted by molar-refractivity contribution is -0.115. The minimum Gasteiger partial charge on any atom is -0.323 e. The van der Waals surface area contributed by atoms with Crippen LogP contribution in [0, 0.1) is 5.82 Å². The van der Waals surface area contributed by atoms with E-state index in [1.165, 1.54) is 23.9 Å². The molecule has 41 heavy (non-hydrogen) atoms. The van der Waals surface area contributed by atoms with E-state index in [1.54, 1.807) is 97.9 Å². The molecule has 0 fully saturated rings. The first kappa shape index (κ1) is 30.0. The van der Waals surface area contributed by atoms with Crippen LogP contribution in [0.25, 0.3) is 6.08 Å². The lowest BCUT2D eigenvalue weighted by Gasteiger charge is -2.14. The van der Waals surface area contributed by atoms with Crippen LogP contribution >= 0.6 is 39.3 Å². The Hall–Kier alpha value is -3.92. The van der Waals surface area contributed by atoms with Crippen LogP contribution in [-0.4, -0.2) is 23.0 Å². The summed E-state index contributed by atoms with van der Waals surface area (Å²) in [6.45, 7) is 1.72. The molecule has 1 atom stereocenters. The van der Waals surface area contributed by atoms with Crippen LogP contribution in [0.1, 0.15) is 22.8 Å². The van der Waals surface area contributed by atoms with Crippen molar-refractivity contribution in [3.8, 4) is 0 Å². The molecule has 0 saturated heterocycles. The minimum absolute atomic E-state index is 0.0324. The van der Waals surface area contributed by atoms with Crippen molar-refractivity contribution in [3.05, 3.63) is 129 Å². The van der Waals surface area contributed by atoms with Gasteiger partial charge in [-0.1, -0.05) is 57.9 Å². The highest BCUT2D eigenvalue weighted by Gasteiger charge is 2.18. The summed E-state index contributed by atoms with van der Waals surface area (Å²) < 4.78 is 14.7. The van der Waals surface area contributed by atoms with Crippen LogP contribution in [0.4, 0.5) is 15.8 Å². The van der Waals surface area contributed by atoms with Crippen LogP contribution < -0.4 is 16.0 Å². The largest absolute Gasteiger partial charge is 0.323 e. The molecule has 0 radical (unpaired) electrons. The van der Waals surface area contributed by atoms with Crippen molar-refractivity contribution in [2.75, 3.05) is 10.6 Å². The zero-order valence-corrected chi connectivity index (χ0v) is 24.8. The van der Waals surface area contributed by atoms with Crippen molar-refractivity contribution >= 4 is 74.5 Å². The quantitative estimate of drug-likeness (QED) is 0.127. The number of carbonyl (C=O) groups excluding carboxylic acids is 3. The van der Waals surface area contributed by atoms with Gasteiger partial charge in [0, 0.05) is 25.6 Å². The van der Waals surface area contributed by atoms with Crippen molar-refractivity contribution in [2.45, 2.75) is 17.1 Å². The Kier molecular flexibility index (Phi) is 10.3. The van der Waals surface area contributed by atoms with Crippen molar-refractivity contribution in [2.24, 2.45) is 0 Å². The fraction of sp³-hybridized carbons (Fsp3) is 0.0645. The van der Waals surface area contributed by atoms with Gasteiger partial charge in [-0.3, -0.25) is 14.4 Å². The summed E-state index contributed by atoms with van der Waals surface area (Å²) in [5.74, 6) is -1.85. The fourth-order valence-corrected chi connectivity index (χ4v) is 5.00. The van der Waals surface area contributed by atoms with Gasteiger partial charge >= 0.3 is 0 Å². The van der Waals surface area contributed by atoms with Gasteiger partial charge in [-0.2, -0.15) is 0 Å². The molecular weight excluding hydrogens is 629 g/mol. The average molecular weight is 653 g/mol. The Labute approximate surface area is 254 Å². The van der Waals surface area contributed by atoms with Crippen LogP contribution in [0.3, 0.4) is 0 Å². The first-order valence-corrected chi connectivity index (χ1v) is 14.4. The second-order valence-corrected chi connectivity index (χ2v) is 11.6. The summed E-state index contributed by atoms with van der Waals surface area (Å²) in [5, 5.41) is 8.05. The Bertz CT molecular complexity index is 1600. The topological polar surface area (TPSA) is 87.3 Å². The molecule has 0 aliphatic rings. The van der Waals surface area contributed by atoms with Gasteiger partial charge in [-0.25, -0.2) is 4.39 Å². The molecule has 0 spiro atoms. The predicted octanol–water partition coefficient (Wildman–Crippen LogP) is 7.77. The first-order chi connectivity index (χ1) is 19.7. The highest BCUT2D eigenvalue weighted by Crippen LogP contribution is 2.27. The third kappa shape index (κ3) is 8.78. The number of rotatable bonds is 9. The third-order valence-corrected chi connectivity index (χ3v) is 7.51. The Morgan fingerprint density at radius 3 is 2.32 bits per heavy atom. The molecule has 208 valence electrons. The smallest absolute Gasteiger partial charge is 0.272 e. The van der Waals surface area contributed by atoms with Gasteiger partial charge in [-0.05, 0) is 85.3 Å². The highest BCUT2D eigenvalue weighted by molar-refractivity contribution is 9.10. The maximum atomic E-state index is 14.1. The maximum absolute atomic E-state index is 14.1. The molecule has 6 nitrogen and oxygen atoms in total. The van der Waals surface area contributed by atoms with E-state index in [9.17, 15) is 18.8 Å². The molecular formula is C31H24BrClFN3O3S. The van der Waals surface area contributed by atoms with Crippen molar-refractivity contribution < 1.29 is 18.8 Å². The molecule has 0 aromatic heterocycles. The summed E-state index contributed by atoms with van der Waals surface area (Å²) in [6, 6.07) is 26.8. The Morgan fingerprint density at radius 2 is 1.63 bits per heavy atom. The number of nitrogens with one attached hydrogen (secondary N) is 3. The zero-order chi connectivity index (χ0) is 29.4. The number of benzene rings is 4. The van der Waals surface area contributed by atoms with E-state index in [4.69, 9.17) is 11.6 Å². The van der Waals surface area contributed by atoms with Gasteiger partial charge in [0.1, 0.15) is 11.5 Å². The molecule has 0 aliphatic heterocycles. The number of hydrogen-bond donors (Lipinski definition) is 3. The third-order valence-electron chi connectivity index (χ3n) is 5.67. The molecule has 0 heterocycles. The molecule has 0 bridgehead atoms. The lowest BCUT2D eigenvalue weighted by atomic mass is 10.1. The van der Waals surface area contributed by atoms with E-state index < -0.39 is 22.9 Å². The molecule has 4 rings (SSSR count). The van der Waals surface area contributed by atoms with Gasteiger partial charge in [0.05, 0.1) is 10.9 Å². The van der Waals surface area contributed by atoms with Gasteiger partial charge in [0.15, 0.2) is 0 Å². The lowest BCUT2D eigenvalue weighted by Crippen LogP contribution is -2.30. The number of carbonyl (C=O) groups is 3. The molecule has 3 N–H and O–H groups in total. The fourth-order valence-electron chi connectivity index (χ4n) is 3.60. The highest BCUT2D eigenvalue weighted by atomic mass is 79.9. The Morgan fingerprint density at radius 1 is 0.902 bits per heavy atom. The first-order valence-electron chi connectivity index (χ1n) is 12.4. The number of amides is 3. The van der Waals surface area contributed by atoms with Crippen LogP contribution in [0.15, 0.2) is 112 Å². The number of hydrogen-bond acceptors (Lipinski definition) is 4. The van der Waals surface area contributed by atoms with E-state index in [-0.39, 0.29) is 17.3 Å². The van der Waals surface area contributed by atoms with Crippen LogP contribution in [0.2, 0.25) is 5.02 Å². The average Bonchev–Trinajstić information content (AvgIpc) is 2.95. The van der Waals surface area contributed by atoms with E-state index in [0.717, 1.165) is 4.90 Å². The molecule has 10 heteroatoms. The minimum atomic E-state index is -0.534. The van der Waals surface area contributed by atoms with E-state index >= 15 is 0 Å². The molecule has 4 aromatic carbocycles. The normalized spacial score (nSPS) is 11.9. The molecule has 1 unspecified atom stereocenters. The summed E-state index contributed by atoms with van der Waals surface area (Å²) in [6.07, 6.45) is 1.54. The van der Waals surface area contributed by atoms with Gasteiger partial charge in [-0.15, -0.1) is 11.8 Å². The second-order valence-electron chi connectivity index (χ2n) is 8.79. The van der Waals surface area contributed by atoms with Gasteiger partial charge in [0.25, 0.3) is 11.8 Å². The van der Waals surface area contributed by atoms with E-state index in [0.29, 0.717) is 26.3 Å². The summed E-state index contributed by atoms with van der Waals surface area (Å²) in [5.41, 5.74) is 1.66. The van der Waals surface area contributed by atoms with Gasteiger partial charge in [0.2, 0.25) is 5.91 Å². The number of halogens is 3. The molecule has 0 saturated carbocycles. The summed E-state index contributed by atoms with van der Waals surface area (Å²) >= 11 is 10.6. The van der Waals surface area contributed by atoms with Crippen molar-refractivity contribution in [1.29, 1.82) is 0 Å². The maximum Gasteiger partial charge on any atom is 0.272 e.